The lowest BCUT2D eigenvalue weighted by atomic mass is 10.1. The largest absolute Gasteiger partial charge is 0.355 e. The standard InChI is InChI=1S/C22H20N4O/c1-3-17-8-4-6-15(2)21(17)26-22(27)20-13-19(10-11-24-20)25-18-9-5-7-16(12-18)14-23/h4-13H,3H2,1-2H3,(H,24,25)(H,26,27). The van der Waals surface area contributed by atoms with Gasteiger partial charge < -0.3 is 10.6 Å². The Morgan fingerprint density at radius 1 is 1.11 bits per heavy atom. The SMILES string of the molecule is CCc1cccc(C)c1NC(=O)c1cc(Nc2cccc(C#N)c2)ccn1. The van der Waals surface area contributed by atoms with Crippen LogP contribution < -0.4 is 10.6 Å². The number of nitrogens with one attached hydrogen (secondary N) is 2. The molecule has 1 heterocycles. The molecule has 27 heavy (non-hydrogen) atoms. The van der Waals surface area contributed by atoms with E-state index in [0.29, 0.717) is 11.3 Å². The van der Waals surface area contributed by atoms with E-state index >= 15 is 0 Å². The van der Waals surface area contributed by atoms with E-state index in [0.717, 1.165) is 34.6 Å². The van der Waals surface area contributed by atoms with Crippen molar-refractivity contribution in [2.45, 2.75) is 20.3 Å². The number of pyridine rings is 1. The minimum atomic E-state index is -0.256. The smallest absolute Gasteiger partial charge is 0.274 e. The van der Waals surface area contributed by atoms with E-state index in [4.69, 9.17) is 5.26 Å². The van der Waals surface area contributed by atoms with Gasteiger partial charge in [0, 0.05) is 23.3 Å². The summed E-state index contributed by atoms with van der Waals surface area (Å²) < 4.78 is 0. The van der Waals surface area contributed by atoms with Crippen molar-refractivity contribution in [3.05, 3.63) is 83.2 Å². The Labute approximate surface area is 158 Å². The number of benzene rings is 2. The van der Waals surface area contributed by atoms with Crippen LogP contribution in [0.3, 0.4) is 0 Å². The number of hydrogen-bond donors (Lipinski definition) is 2. The lowest BCUT2D eigenvalue weighted by Gasteiger charge is -2.13. The van der Waals surface area contributed by atoms with Crippen molar-refractivity contribution in [3.8, 4) is 6.07 Å². The molecule has 1 amide bonds. The van der Waals surface area contributed by atoms with Crippen molar-refractivity contribution in [2.24, 2.45) is 0 Å². The summed E-state index contributed by atoms with van der Waals surface area (Å²) in [6.07, 6.45) is 2.42. The van der Waals surface area contributed by atoms with E-state index in [-0.39, 0.29) is 5.91 Å². The molecule has 0 radical (unpaired) electrons. The first-order valence-electron chi connectivity index (χ1n) is 8.73. The van der Waals surface area contributed by atoms with Crippen LogP contribution in [0.15, 0.2) is 60.8 Å². The Balaban J connectivity index is 1.81. The molecule has 3 rings (SSSR count). The number of anilines is 3. The number of rotatable bonds is 5. The zero-order valence-corrected chi connectivity index (χ0v) is 15.3. The van der Waals surface area contributed by atoms with Crippen molar-refractivity contribution >= 4 is 23.0 Å². The summed E-state index contributed by atoms with van der Waals surface area (Å²) in [5, 5.41) is 15.2. The summed E-state index contributed by atoms with van der Waals surface area (Å²) >= 11 is 0. The maximum atomic E-state index is 12.7. The molecule has 0 saturated heterocycles. The first kappa shape index (κ1) is 18.2. The zero-order chi connectivity index (χ0) is 19.2. The molecule has 0 unspecified atom stereocenters. The number of carbonyl (C=O) groups excluding carboxylic acids is 1. The van der Waals surface area contributed by atoms with E-state index in [1.807, 2.05) is 31.2 Å². The van der Waals surface area contributed by atoms with Crippen LogP contribution in [0.5, 0.6) is 0 Å². The molecule has 2 aromatic carbocycles. The number of aryl methyl sites for hydroxylation is 2. The minimum Gasteiger partial charge on any atom is -0.355 e. The second kappa shape index (κ2) is 8.15. The van der Waals surface area contributed by atoms with Gasteiger partial charge >= 0.3 is 0 Å². The molecule has 134 valence electrons. The fourth-order valence-corrected chi connectivity index (χ4v) is 2.85. The molecule has 0 bridgehead atoms. The van der Waals surface area contributed by atoms with Crippen LogP contribution in [-0.2, 0) is 6.42 Å². The number of amides is 1. The first-order chi connectivity index (χ1) is 13.1. The molecular formula is C22H20N4O. The van der Waals surface area contributed by atoms with Gasteiger partial charge in [0.05, 0.1) is 11.6 Å². The fourth-order valence-electron chi connectivity index (χ4n) is 2.85. The number of para-hydroxylation sites is 1. The molecule has 0 atom stereocenters. The van der Waals surface area contributed by atoms with Gasteiger partial charge in [0.1, 0.15) is 5.69 Å². The molecule has 3 aromatic rings. The highest BCUT2D eigenvalue weighted by molar-refractivity contribution is 6.04. The van der Waals surface area contributed by atoms with Crippen LogP contribution in [0, 0.1) is 18.3 Å². The number of nitriles is 1. The van der Waals surface area contributed by atoms with Crippen molar-refractivity contribution in [2.75, 3.05) is 10.6 Å². The molecular weight excluding hydrogens is 336 g/mol. The van der Waals surface area contributed by atoms with Crippen molar-refractivity contribution in [1.29, 1.82) is 5.26 Å². The molecule has 5 nitrogen and oxygen atoms in total. The maximum Gasteiger partial charge on any atom is 0.274 e. The van der Waals surface area contributed by atoms with Crippen molar-refractivity contribution in [3.63, 3.8) is 0 Å². The van der Waals surface area contributed by atoms with Crippen molar-refractivity contribution < 1.29 is 4.79 Å². The highest BCUT2D eigenvalue weighted by Gasteiger charge is 2.12. The molecule has 1 aromatic heterocycles. The Hall–Kier alpha value is -3.65. The van der Waals surface area contributed by atoms with Crippen LogP contribution in [0.1, 0.15) is 34.1 Å². The number of carbonyl (C=O) groups is 1. The van der Waals surface area contributed by atoms with Crippen molar-refractivity contribution in [1.82, 2.24) is 4.98 Å². The van der Waals surface area contributed by atoms with Crippen LogP contribution >= 0.6 is 0 Å². The zero-order valence-electron chi connectivity index (χ0n) is 15.3. The average molecular weight is 356 g/mol. The molecule has 0 spiro atoms. The van der Waals surface area contributed by atoms with E-state index in [2.05, 4.69) is 28.6 Å². The first-order valence-corrected chi connectivity index (χ1v) is 8.73. The number of nitrogens with zero attached hydrogens (tertiary/aromatic N) is 2. The van der Waals surface area contributed by atoms with Crippen LogP contribution in [0.4, 0.5) is 17.1 Å². The Bertz CT molecular complexity index is 1020. The van der Waals surface area contributed by atoms with Gasteiger partial charge in [0.2, 0.25) is 0 Å². The highest BCUT2D eigenvalue weighted by Crippen LogP contribution is 2.23. The summed E-state index contributed by atoms with van der Waals surface area (Å²) in [4.78, 5) is 16.9. The molecule has 5 heteroatoms. The quantitative estimate of drug-likeness (QED) is 0.687. The minimum absolute atomic E-state index is 0.256. The summed E-state index contributed by atoms with van der Waals surface area (Å²) in [5.41, 5.74) is 5.34. The third kappa shape index (κ3) is 4.31. The van der Waals surface area contributed by atoms with Gasteiger partial charge in [-0.05, 0) is 54.8 Å². The monoisotopic (exact) mass is 356 g/mol. The number of aromatic nitrogens is 1. The average Bonchev–Trinajstić information content (AvgIpc) is 2.69. The molecule has 2 N–H and O–H groups in total. The second-order valence-electron chi connectivity index (χ2n) is 6.16. The summed E-state index contributed by atoms with van der Waals surface area (Å²) in [7, 11) is 0. The van der Waals surface area contributed by atoms with Gasteiger partial charge in [-0.25, -0.2) is 0 Å². The molecule has 0 saturated carbocycles. The maximum absolute atomic E-state index is 12.7. The Kier molecular flexibility index (Phi) is 5.48. The molecule has 0 fully saturated rings. The van der Waals surface area contributed by atoms with Crippen LogP contribution in [0.2, 0.25) is 0 Å². The lowest BCUT2D eigenvalue weighted by Crippen LogP contribution is -2.16. The summed E-state index contributed by atoms with van der Waals surface area (Å²) in [6.45, 7) is 4.03. The normalized spacial score (nSPS) is 10.1. The third-order valence-electron chi connectivity index (χ3n) is 4.25. The van der Waals surface area contributed by atoms with Gasteiger partial charge in [-0.15, -0.1) is 0 Å². The number of hydrogen-bond acceptors (Lipinski definition) is 4. The Morgan fingerprint density at radius 2 is 1.89 bits per heavy atom. The van der Waals surface area contributed by atoms with Gasteiger partial charge in [0.15, 0.2) is 0 Å². The summed E-state index contributed by atoms with van der Waals surface area (Å²) in [6, 6.07) is 18.7. The topological polar surface area (TPSA) is 77.8 Å². The van der Waals surface area contributed by atoms with Crippen LogP contribution in [0.25, 0.3) is 0 Å². The molecule has 0 aliphatic heterocycles. The lowest BCUT2D eigenvalue weighted by molar-refractivity contribution is 0.102. The van der Waals surface area contributed by atoms with E-state index in [1.54, 1.807) is 36.5 Å². The third-order valence-corrected chi connectivity index (χ3v) is 4.25. The molecule has 0 aliphatic carbocycles. The van der Waals surface area contributed by atoms with E-state index in [9.17, 15) is 4.79 Å². The van der Waals surface area contributed by atoms with E-state index in [1.165, 1.54) is 0 Å². The van der Waals surface area contributed by atoms with Gasteiger partial charge in [-0.2, -0.15) is 5.26 Å². The fraction of sp³-hybridized carbons (Fsp3) is 0.136. The Morgan fingerprint density at radius 3 is 2.67 bits per heavy atom. The predicted molar refractivity (Wildman–Crippen MR) is 107 cm³/mol. The predicted octanol–water partition coefficient (Wildman–Crippen LogP) is 4.82. The van der Waals surface area contributed by atoms with Crippen LogP contribution in [-0.4, -0.2) is 10.9 Å². The second-order valence-corrected chi connectivity index (χ2v) is 6.16. The van der Waals surface area contributed by atoms with E-state index < -0.39 is 0 Å². The van der Waals surface area contributed by atoms with Gasteiger partial charge in [-0.3, -0.25) is 9.78 Å². The van der Waals surface area contributed by atoms with Gasteiger partial charge in [0.25, 0.3) is 5.91 Å². The summed E-state index contributed by atoms with van der Waals surface area (Å²) in [5.74, 6) is -0.256. The highest BCUT2D eigenvalue weighted by atomic mass is 16.1. The van der Waals surface area contributed by atoms with Gasteiger partial charge in [-0.1, -0.05) is 31.2 Å². The molecule has 0 aliphatic rings.